The average Bonchev–Trinajstić information content (AvgIpc) is 3.10. The zero-order valence-electron chi connectivity index (χ0n) is 9.74. The van der Waals surface area contributed by atoms with Crippen LogP contribution in [0.4, 0.5) is 0 Å². The van der Waals surface area contributed by atoms with Crippen molar-refractivity contribution in [2.75, 3.05) is 0 Å². The van der Waals surface area contributed by atoms with Crippen molar-refractivity contribution in [3.63, 3.8) is 0 Å². The smallest absolute Gasteiger partial charge is 0.0294 e. The molecule has 1 aliphatic carbocycles. The maximum Gasteiger partial charge on any atom is 0.0294 e. The van der Waals surface area contributed by atoms with Crippen LogP contribution in [0.3, 0.4) is 0 Å². The molecule has 0 radical (unpaired) electrons. The van der Waals surface area contributed by atoms with Gasteiger partial charge in [0.1, 0.15) is 0 Å². The van der Waals surface area contributed by atoms with Crippen LogP contribution in [0.15, 0.2) is 30.3 Å². The number of nitrogens with one attached hydrogen (secondary N) is 1. The Morgan fingerprint density at radius 2 is 1.93 bits per heavy atom. The van der Waals surface area contributed by atoms with Crippen molar-refractivity contribution in [2.45, 2.75) is 45.2 Å². The molecule has 0 heterocycles. The molecule has 0 spiro atoms. The van der Waals surface area contributed by atoms with E-state index in [4.69, 9.17) is 0 Å². The van der Waals surface area contributed by atoms with Crippen LogP contribution < -0.4 is 5.32 Å². The van der Waals surface area contributed by atoms with Gasteiger partial charge in [0.05, 0.1) is 0 Å². The topological polar surface area (TPSA) is 12.0 Å². The first-order chi connectivity index (χ1) is 7.31. The molecule has 82 valence electrons. The first-order valence-electron chi connectivity index (χ1n) is 6.12. The fraction of sp³-hybridized carbons (Fsp3) is 0.571. The molecule has 1 unspecified atom stereocenters. The molecule has 2 atom stereocenters. The van der Waals surface area contributed by atoms with Gasteiger partial charge in [0.25, 0.3) is 0 Å². The van der Waals surface area contributed by atoms with E-state index in [0.717, 1.165) is 12.0 Å². The van der Waals surface area contributed by atoms with E-state index in [-0.39, 0.29) is 0 Å². The minimum absolute atomic E-state index is 0.483. The Morgan fingerprint density at radius 1 is 1.27 bits per heavy atom. The lowest BCUT2D eigenvalue weighted by atomic mass is 10.0. The molecular formula is C14H21N. The van der Waals surface area contributed by atoms with E-state index in [1.807, 2.05) is 0 Å². The number of hydrogen-bond acceptors (Lipinski definition) is 1. The summed E-state index contributed by atoms with van der Waals surface area (Å²) >= 11 is 0. The van der Waals surface area contributed by atoms with E-state index in [2.05, 4.69) is 49.5 Å². The van der Waals surface area contributed by atoms with Gasteiger partial charge in [0.2, 0.25) is 0 Å². The summed E-state index contributed by atoms with van der Waals surface area (Å²) in [6.07, 6.45) is 4.10. The van der Waals surface area contributed by atoms with Gasteiger partial charge in [0.15, 0.2) is 0 Å². The Hall–Kier alpha value is -0.820. The Morgan fingerprint density at radius 3 is 2.47 bits per heavy atom. The highest BCUT2D eigenvalue weighted by Crippen LogP contribution is 2.34. The van der Waals surface area contributed by atoms with Gasteiger partial charge < -0.3 is 5.32 Å². The highest BCUT2D eigenvalue weighted by atomic mass is 15.0. The summed E-state index contributed by atoms with van der Waals surface area (Å²) in [6, 6.07) is 11.9. The monoisotopic (exact) mass is 203 g/mol. The standard InChI is InChI=1S/C14H21N/c1-3-14(13-9-10-13)15-11(2)12-7-5-4-6-8-12/h4-8,11,13-15H,3,9-10H2,1-2H3/t11-,14?/m1/s1. The molecule has 1 aliphatic rings. The van der Waals surface area contributed by atoms with E-state index >= 15 is 0 Å². The molecule has 0 bridgehead atoms. The molecule has 1 heteroatoms. The van der Waals surface area contributed by atoms with Crippen molar-refractivity contribution in [3.05, 3.63) is 35.9 Å². The van der Waals surface area contributed by atoms with Crippen molar-refractivity contribution in [1.82, 2.24) is 5.32 Å². The highest BCUT2D eigenvalue weighted by Gasteiger charge is 2.30. The summed E-state index contributed by atoms with van der Waals surface area (Å²) in [5.74, 6) is 0.946. The van der Waals surface area contributed by atoms with Crippen LogP contribution >= 0.6 is 0 Å². The van der Waals surface area contributed by atoms with Gasteiger partial charge >= 0.3 is 0 Å². The van der Waals surface area contributed by atoms with Gasteiger partial charge in [-0.2, -0.15) is 0 Å². The lowest BCUT2D eigenvalue weighted by Gasteiger charge is -2.22. The summed E-state index contributed by atoms with van der Waals surface area (Å²) in [5, 5.41) is 3.74. The second-order valence-corrected chi connectivity index (χ2v) is 4.65. The SMILES string of the molecule is CCC(N[C@H](C)c1ccccc1)C1CC1. The molecule has 0 saturated heterocycles. The summed E-state index contributed by atoms with van der Waals surface area (Å²) in [6.45, 7) is 4.55. The van der Waals surface area contributed by atoms with Gasteiger partial charge in [-0.25, -0.2) is 0 Å². The van der Waals surface area contributed by atoms with Crippen molar-refractivity contribution in [1.29, 1.82) is 0 Å². The van der Waals surface area contributed by atoms with E-state index in [1.165, 1.54) is 24.8 Å². The molecule has 1 aromatic rings. The molecule has 0 aromatic heterocycles. The normalized spacial score (nSPS) is 19.9. The molecule has 15 heavy (non-hydrogen) atoms. The van der Waals surface area contributed by atoms with E-state index < -0.39 is 0 Å². The highest BCUT2D eigenvalue weighted by molar-refractivity contribution is 5.18. The molecule has 1 saturated carbocycles. The molecule has 0 aliphatic heterocycles. The second kappa shape index (κ2) is 4.80. The van der Waals surface area contributed by atoms with Gasteiger partial charge in [-0.3, -0.25) is 0 Å². The lowest BCUT2D eigenvalue weighted by Crippen LogP contribution is -2.32. The largest absolute Gasteiger partial charge is 0.307 e. The minimum atomic E-state index is 0.483. The molecule has 1 fully saturated rings. The van der Waals surface area contributed by atoms with Crippen molar-refractivity contribution >= 4 is 0 Å². The Kier molecular flexibility index (Phi) is 3.42. The van der Waals surface area contributed by atoms with Crippen molar-refractivity contribution in [3.8, 4) is 0 Å². The maximum absolute atomic E-state index is 3.74. The van der Waals surface area contributed by atoms with Crippen LogP contribution in [0.5, 0.6) is 0 Å². The number of benzene rings is 1. The average molecular weight is 203 g/mol. The Balaban J connectivity index is 1.93. The van der Waals surface area contributed by atoms with Crippen LogP contribution in [0.1, 0.15) is 44.7 Å². The molecule has 1 aromatic carbocycles. The zero-order valence-corrected chi connectivity index (χ0v) is 9.74. The minimum Gasteiger partial charge on any atom is -0.307 e. The van der Waals surface area contributed by atoms with Crippen LogP contribution in [-0.2, 0) is 0 Å². The van der Waals surface area contributed by atoms with Crippen molar-refractivity contribution in [2.24, 2.45) is 5.92 Å². The van der Waals surface area contributed by atoms with Gasteiger partial charge in [0, 0.05) is 12.1 Å². The molecule has 2 rings (SSSR count). The summed E-state index contributed by atoms with van der Waals surface area (Å²) in [7, 11) is 0. The van der Waals surface area contributed by atoms with Crippen LogP contribution in [-0.4, -0.2) is 6.04 Å². The van der Waals surface area contributed by atoms with Crippen LogP contribution in [0.25, 0.3) is 0 Å². The fourth-order valence-corrected chi connectivity index (χ4v) is 2.24. The van der Waals surface area contributed by atoms with E-state index in [1.54, 1.807) is 0 Å². The first-order valence-corrected chi connectivity index (χ1v) is 6.12. The summed E-state index contributed by atoms with van der Waals surface area (Å²) < 4.78 is 0. The van der Waals surface area contributed by atoms with E-state index in [9.17, 15) is 0 Å². The first kappa shape index (κ1) is 10.7. The molecular weight excluding hydrogens is 182 g/mol. The Labute approximate surface area is 92.9 Å². The van der Waals surface area contributed by atoms with Crippen LogP contribution in [0, 0.1) is 5.92 Å². The molecule has 1 nitrogen and oxygen atoms in total. The number of rotatable bonds is 5. The third-order valence-electron chi connectivity index (χ3n) is 3.39. The van der Waals surface area contributed by atoms with Gasteiger partial charge in [-0.15, -0.1) is 0 Å². The van der Waals surface area contributed by atoms with Gasteiger partial charge in [-0.05, 0) is 37.7 Å². The quantitative estimate of drug-likeness (QED) is 0.772. The third kappa shape index (κ3) is 2.82. The predicted molar refractivity (Wildman–Crippen MR) is 64.8 cm³/mol. The molecule has 1 N–H and O–H groups in total. The van der Waals surface area contributed by atoms with E-state index in [0.29, 0.717) is 6.04 Å². The Bertz CT molecular complexity index is 289. The van der Waals surface area contributed by atoms with Crippen molar-refractivity contribution < 1.29 is 0 Å². The second-order valence-electron chi connectivity index (χ2n) is 4.65. The van der Waals surface area contributed by atoms with Gasteiger partial charge in [-0.1, -0.05) is 37.3 Å². The fourth-order valence-electron chi connectivity index (χ4n) is 2.24. The molecule has 0 amide bonds. The summed E-state index contributed by atoms with van der Waals surface area (Å²) in [5.41, 5.74) is 1.40. The lowest BCUT2D eigenvalue weighted by molar-refractivity contribution is 0.405. The maximum atomic E-state index is 3.74. The predicted octanol–water partition coefficient (Wildman–Crippen LogP) is 3.53. The zero-order chi connectivity index (χ0) is 10.7. The number of hydrogen-bond donors (Lipinski definition) is 1. The third-order valence-corrected chi connectivity index (χ3v) is 3.39. The summed E-state index contributed by atoms with van der Waals surface area (Å²) in [4.78, 5) is 0. The van der Waals surface area contributed by atoms with Crippen LogP contribution in [0.2, 0.25) is 0 Å².